The number of benzene rings is 1. The zero-order chi connectivity index (χ0) is 20.5. The van der Waals surface area contributed by atoms with Crippen molar-refractivity contribution in [3.8, 4) is 0 Å². The Labute approximate surface area is 163 Å². The molecule has 0 aliphatic rings. The largest absolute Gasteiger partial charge is 0.358 e. The molecule has 0 spiro atoms. The van der Waals surface area contributed by atoms with Crippen LogP contribution in [0.2, 0.25) is 0 Å². The first-order valence-corrected chi connectivity index (χ1v) is 11.9. The van der Waals surface area contributed by atoms with Crippen molar-refractivity contribution >= 4 is 17.6 Å². The normalized spacial score (nSPS) is 12.3. The van der Waals surface area contributed by atoms with Gasteiger partial charge in [0.2, 0.25) is 10.0 Å². The van der Waals surface area contributed by atoms with E-state index < -0.39 is 17.6 Å². The summed E-state index contributed by atoms with van der Waals surface area (Å²) in [6.07, 6.45) is 2.99. The third-order valence-corrected chi connectivity index (χ3v) is 7.79. The maximum Gasteiger partial charge on any atom is 0.358 e. The van der Waals surface area contributed by atoms with Crippen molar-refractivity contribution < 1.29 is 22.0 Å². The van der Waals surface area contributed by atoms with E-state index in [0.29, 0.717) is 12.8 Å². The van der Waals surface area contributed by atoms with Gasteiger partial charge in [-0.2, -0.15) is 4.31 Å². The number of unbranched alkanes of at least 4 members (excludes halogenated alkanes) is 1. The highest BCUT2D eigenvalue weighted by atomic mass is 32.2. The minimum atomic E-state index is -3.78. The molecule has 0 radical (unpaired) electrons. The first-order valence-electron chi connectivity index (χ1n) is 8.96. The smallest absolute Gasteiger partial charge is 0.306 e. The van der Waals surface area contributed by atoms with Crippen LogP contribution < -0.4 is 0 Å². The summed E-state index contributed by atoms with van der Waals surface area (Å²) in [5, 5.41) is 0.125. The topological polar surface area (TPSA) is 72.9 Å². The number of nitrogens with zero attached hydrogens (tertiary/aromatic N) is 1. The minimum absolute atomic E-state index is 0.125. The van der Waals surface area contributed by atoms with Crippen molar-refractivity contribution in [1.29, 1.82) is 0 Å². The second-order valence-electron chi connectivity index (χ2n) is 5.98. The van der Waals surface area contributed by atoms with Crippen molar-refractivity contribution in [1.82, 2.24) is 4.31 Å². The monoisotopic (exact) mass is 415 g/mol. The van der Waals surface area contributed by atoms with Crippen molar-refractivity contribution in [2.45, 2.75) is 38.5 Å². The van der Waals surface area contributed by atoms with E-state index in [2.05, 4.69) is 13.2 Å². The van der Waals surface area contributed by atoms with E-state index in [0.717, 1.165) is 5.56 Å². The van der Waals surface area contributed by atoms with Gasteiger partial charge in [0.15, 0.2) is 0 Å². The van der Waals surface area contributed by atoms with Gasteiger partial charge < -0.3 is 9.05 Å². The molecular formula is C19H30NO5PS. The Balaban J connectivity index is 3.16. The van der Waals surface area contributed by atoms with Crippen molar-refractivity contribution in [3.63, 3.8) is 0 Å². The molecule has 1 aromatic carbocycles. The summed E-state index contributed by atoms with van der Waals surface area (Å²) in [4.78, 5) is 0.183. The summed E-state index contributed by atoms with van der Waals surface area (Å²) in [7, 11) is -7.37. The maximum atomic E-state index is 13.1. The van der Waals surface area contributed by atoms with Crippen LogP contribution in [-0.2, 0) is 23.6 Å². The van der Waals surface area contributed by atoms with Crippen molar-refractivity contribution in [2.24, 2.45) is 0 Å². The van der Waals surface area contributed by atoms with Gasteiger partial charge in [-0.25, -0.2) is 8.42 Å². The fourth-order valence-electron chi connectivity index (χ4n) is 2.41. The molecule has 0 saturated heterocycles. The summed E-state index contributed by atoms with van der Waals surface area (Å²) in [6, 6.07) is 6.63. The Morgan fingerprint density at radius 2 is 1.74 bits per heavy atom. The van der Waals surface area contributed by atoms with E-state index >= 15 is 0 Å². The van der Waals surface area contributed by atoms with Crippen LogP contribution in [0.1, 0.15) is 32.3 Å². The second-order valence-corrected chi connectivity index (χ2v) is 10.1. The highest BCUT2D eigenvalue weighted by Gasteiger charge is 2.33. The summed E-state index contributed by atoms with van der Waals surface area (Å²) < 4.78 is 51.0. The van der Waals surface area contributed by atoms with Gasteiger partial charge in [0.25, 0.3) is 0 Å². The lowest BCUT2D eigenvalue weighted by molar-refractivity contribution is 0.224. The number of allylic oxidation sites excluding steroid dienone is 1. The number of aryl methyl sites for hydroxylation is 1. The molecule has 6 nitrogen and oxygen atoms in total. The Kier molecular flexibility index (Phi) is 9.63. The molecule has 8 heteroatoms. The zero-order valence-corrected chi connectivity index (χ0v) is 18.1. The molecule has 152 valence electrons. The van der Waals surface area contributed by atoms with E-state index in [1.165, 1.54) is 4.31 Å². The van der Waals surface area contributed by atoms with Gasteiger partial charge in [-0.1, -0.05) is 30.4 Å². The van der Waals surface area contributed by atoms with Crippen LogP contribution in [0.25, 0.3) is 0 Å². The molecule has 0 aliphatic heterocycles. The van der Waals surface area contributed by atoms with E-state index in [1.54, 1.807) is 44.2 Å². The molecule has 0 amide bonds. The summed E-state index contributed by atoms with van der Waals surface area (Å²) in [5.41, 5.74) is 0.966. The first-order chi connectivity index (χ1) is 12.7. The predicted octanol–water partition coefficient (Wildman–Crippen LogP) is 4.73. The Bertz CT molecular complexity index is 764. The molecule has 0 bridgehead atoms. The van der Waals surface area contributed by atoms with Crippen molar-refractivity contribution in [3.05, 3.63) is 54.4 Å². The van der Waals surface area contributed by atoms with Gasteiger partial charge in [0, 0.05) is 18.4 Å². The number of hydrogen-bond acceptors (Lipinski definition) is 5. The summed E-state index contributed by atoms with van der Waals surface area (Å²) >= 11 is 0. The molecule has 0 unspecified atom stereocenters. The molecule has 0 saturated carbocycles. The summed E-state index contributed by atoms with van der Waals surface area (Å²) in [5.74, 6) is 0. The van der Waals surface area contributed by atoms with Crippen LogP contribution in [0.5, 0.6) is 0 Å². The first kappa shape index (κ1) is 23.8. The van der Waals surface area contributed by atoms with Gasteiger partial charge >= 0.3 is 7.60 Å². The Morgan fingerprint density at radius 3 is 2.22 bits per heavy atom. The zero-order valence-electron chi connectivity index (χ0n) is 16.4. The van der Waals surface area contributed by atoms with Gasteiger partial charge in [-0.05, 0) is 45.7 Å². The SMILES string of the molecule is C=CCCCN(CC(=C)P(=O)(OCC)OCC)S(=O)(=O)c1ccc(C)cc1. The maximum absolute atomic E-state index is 13.1. The number of sulfonamides is 1. The second kappa shape index (κ2) is 10.9. The van der Waals surface area contributed by atoms with Gasteiger partial charge in [0.05, 0.1) is 18.1 Å². The van der Waals surface area contributed by atoms with Crippen LogP contribution >= 0.6 is 7.60 Å². The van der Waals surface area contributed by atoms with Gasteiger partial charge in [-0.15, -0.1) is 6.58 Å². The highest BCUT2D eigenvalue weighted by molar-refractivity contribution is 7.89. The number of hydrogen-bond donors (Lipinski definition) is 0. The lowest BCUT2D eigenvalue weighted by Gasteiger charge is -2.26. The molecule has 1 aromatic rings. The van der Waals surface area contributed by atoms with Crippen LogP contribution in [0.4, 0.5) is 0 Å². The molecule has 27 heavy (non-hydrogen) atoms. The van der Waals surface area contributed by atoms with E-state index in [-0.39, 0.29) is 36.5 Å². The van der Waals surface area contributed by atoms with Crippen LogP contribution in [0.15, 0.2) is 53.7 Å². The van der Waals surface area contributed by atoms with Crippen molar-refractivity contribution in [2.75, 3.05) is 26.3 Å². The van der Waals surface area contributed by atoms with E-state index in [9.17, 15) is 13.0 Å². The fourth-order valence-corrected chi connectivity index (χ4v) is 5.44. The number of rotatable bonds is 13. The van der Waals surface area contributed by atoms with Crippen LogP contribution in [0, 0.1) is 6.92 Å². The summed E-state index contributed by atoms with van der Waals surface area (Å²) in [6.45, 7) is 13.2. The van der Waals surface area contributed by atoms with Gasteiger partial charge in [0.1, 0.15) is 0 Å². The highest BCUT2D eigenvalue weighted by Crippen LogP contribution is 2.55. The standard InChI is InChI=1S/C19H30NO5PS/c1-6-9-10-15-20(16-18(5)26(21,24-7-2)25-8-3)27(22,23)19-13-11-17(4)12-14-19/h6,11-14H,1,5,7-10,15-16H2,2-4H3. The molecule has 0 heterocycles. The molecular weight excluding hydrogens is 385 g/mol. The van der Waals surface area contributed by atoms with E-state index in [1.807, 2.05) is 6.92 Å². The molecule has 0 N–H and O–H groups in total. The quantitative estimate of drug-likeness (QED) is 0.264. The fraction of sp³-hybridized carbons (Fsp3) is 0.474. The average molecular weight is 415 g/mol. The van der Waals surface area contributed by atoms with Crippen LogP contribution in [0.3, 0.4) is 0 Å². The average Bonchev–Trinajstić information content (AvgIpc) is 2.61. The molecule has 0 aliphatic carbocycles. The third kappa shape index (κ3) is 6.70. The predicted molar refractivity (Wildman–Crippen MR) is 109 cm³/mol. The van der Waals surface area contributed by atoms with E-state index in [4.69, 9.17) is 9.05 Å². The molecule has 0 fully saturated rings. The Morgan fingerprint density at radius 1 is 1.19 bits per heavy atom. The Hall–Kier alpha value is -1.24. The lowest BCUT2D eigenvalue weighted by Crippen LogP contribution is -2.34. The molecule has 0 atom stereocenters. The third-order valence-electron chi connectivity index (χ3n) is 3.82. The van der Waals surface area contributed by atoms with Crippen LogP contribution in [-0.4, -0.2) is 39.0 Å². The minimum Gasteiger partial charge on any atom is -0.306 e. The molecule has 1 rings (SSSR count). The van der Waals surface area contributed by atoms with Gasteiger partial charge in [-0.3, -0.25) is 4.57 Å². The lowest BCUT2D eigenvalue weighted by atomic mass is 10.2. The molecule has 0 aromatic heterocycles.